The summed E-state index contributed by atoms with van der Waals surface area (Å²) in [6, 6.07) is -1.26. The zero-order valence-electron chi connectivity index (χ0n) is 12.0. The molecule has 110 valence electrons. The lowest BCUT2D eigenvalue weighted by Crippen LogP contribution is -2.56. The Morgan fingerprint density at radius 3 is 2.37 bits per heavy atom. The lowest BCUT2D eigenvalue weighted by atomic mass is 9.81. The fraction of sp³-hybridized carbons (Fsp3) is 0.846. The van der Waals surface area contributed by atoms with Gasteiger partial charge in [0.1, 0.15) is 6.04 Å². The molecule has 0 aliphatic carbocycles. The van der Waals surface area contributed by atoms with E-state index in [9.17, 15) is 14.7 Å². The van der Waals surface area contributed by atoms with Crippen LogP contribution in [0.1, 0.15) is 34.1 Å². The Labute approximate surface area is 113 Å². The van der Waals surface area contributed by atoms with Crippen LogP contribution in [0, 0.1) is 11.3 Å². The van der Waals surface area contributed by atoms with Crippen molar-refractivity contribution in [1.29, 1.82) is 0 Å². The number of amides is 2. The van der Waals surface area contributed by atoms with Gasteiger partial charge in [-0.15, -0.1) is 0 Å². The molecule has 1 fully saturated rings. The number of likely N-dealkylation sites (tertiary alicyclic amines) is 1. The molecule has 6 heteroatoms. The number of carbonyl (C=O) groups excluding carboxylic acids is 1. The summed E-state index contributed by atoms with van der Waals surface area (Å²) >= 11 is 0. The first-order valence-electron chi connectivity index (χ1n) is 6.61. The molecular formula is C13H24N2O4. The summed E-state index contributed by atoms with van der Waals surface area (Å²) in [5.41, 5.74) is -0.369. The molecular weight excluding hydrogens is 248 g/mol. The molecule has 0 aromatic rings. The quantitative estimate of drug-likeness (QED) is 0.712. The third-order valence-corrected chi connectivity index (χ3v) is 3.67. The average Bonchev–Trinajstić information content (AvgIpc) is 2.28. The number of carboxylic acids is 1. The van der Waals surface area contributed by atoms with Crippen molar-refractivity contribution in [2.24, 2.45) is 11.3 Å². The topological polar surface area (TPSA) is 89.9 Å². The van der Waals surface area contributed by atoms with Gasteiger partial charge in [0.15, 0.2) is 0 Å². The number of urea groups is 1. The van der Waals surface area contributed by atoms with E-state index in [1.807, 2.05) is 13.8 Å². The highest BCUT2D eigenvalue weighted by atomic mass is 16.4. The van der Waals surface area contributed by atoms with Gasteiger partial charge in [-0.1, -0.05) is 27.7 Å². The van der Waals surface area contributed by atoms with Gasteiger partial charge in [-0.25, -0.2) is 9.59 Å². The standard InChI is InChI=1S/C13H24N2O4/c1-8(2)10(11(17)18)14-12(19)15-6-5-9(16)13(3,4)7-15/h8-10,16H,5-7H2,1-4H3,(H,14,19)(H,17,18)/t9?,10-/m0/s1. The number of carboxylic acid groups (broad SMARTS) is 1. The predicted octanol–water partition coefficient (Wildman–Crippen LogP) is 0.898. The highest BCUT2D eigenvalue weighted by Gasteiger charge is 2.37. The van der Waals surface area contributed by atoms with Crippen LogP contribution in [0.15, 0.2) is 0 Å². The van der Waals surface area contributed by atoms with Crippen molar-refractivity contribution in [2.45, 2.75) is 46.3 Å². The number of hydrogen-bond donors (Lipinski definition) is 3. The molecule has 19 heavy (non-hydrogen) atoms. The van der Waals surface area contributed by atoms with Crippen LogP contribution in [0.4, 0.5) is 4.79 Å². The fourth-order valence-corrected chi connectivity index (χ4v) is 2.26. The number of carbonyl (C=O) groups is 2. The van der Waals surface area contributed by atoms with Crippen molar-refractivity contribution in [3.63, 3.8) is 0 Å². The average molecular weight is 272 g/mol. The van der Waals surface area contributed by atoms with Gasteiger partial charge in [0.25, 0.3) is 0 Å². The number of rotatable bonds is 3. The number of nitrogens with one attached hydrogen (secondary N) is 1. The van der Waals surface area contributed by atoms with Crippen LogP contribution in [0.3, 0.4) is 0 Å². The van der Waals surface area contributed by atoms with E-state index in [4.69, 9.17) is 5.11 Å². The van der Waals surface area contributed by atoms with Gasteiger partial charge in [-0.3, -0.25) is 0 Å². The third-order valence-electron chi connectivity index (χ3n) is 3.67. The van der Waals surface area contributed by atoms with Gasteiger partial charge in [-0.05, 0) is 12.3 Å². The summed E-state index contributed by atoms with van der Waals surface area (Å²) in [5.74, 6) is -1.20. The Morgan fingerprint density at radius 1 is 1.37 bits per heavy atom. The first kappa shape index (κ1) is 15.8. The summed E-state index contributed by atoms with van der Waals surface area (Å²) < 4.78 is 0. The number of aliphatic hydroxyl groups excluding tert-OH is 1. The second-order valence-electron chi connectivity index (χ2n) is 6.22. The Balaban J connectivity index is 2.66. The summed E-state index contributed by atoms with van der Waals surface area (Å²) in [6.45, 7) is 8.17. The normalized spacial score (nSPS) is 24.1. The minimum Gasteiger partial charge on any atom is -0.480 e. The molecule has 0 saturated carbocycles. The first-order chi connectivity index (χ1) is 8.65. The molecule has 1 aliphatic heterocycles. The van der Waals surface area contributed by atoms with Crippen molar-refractivity contribution in [3.8, 4) is 0 Å². The van der Waals surface area contributed by atoms with E-state index in [2.05, 4.69) is 5.32 Å². The monoisotopic (exact) mass is 272 g/mol. The fourth-order valence-electron chi connectivity index (χ4n) is 2.26. The molecule has 0 spiro atoms. The number of aliphatic hydroxyl groups is 1. The van der Waals surface area contributed by atoms with Crippen molar-refractivity contribution in [3.05, 3.63) is 0 Å². The molecule has 2 amide bonds. The maximum absolute atomic E-state index is 12.1. The Kier molecular flexibility index (Phi) is 4.79. The molecule has 0 bridgehead atoms. The number of nitrogens with zero attached hydrogens (tertiary/aromatic N) is 1. The second kappa shape index (κ2) is 5.77. The molecule has 2 atom stereocenters. The zero-order chi connectivity index (χ0) is 14.8. The van der Waals surface area contributed by atoms with Crippen LogP contribution in [0.2, 0.25) is 0 Å². The second-order valence-corrected chi connectivity index (χ2v) is 6.22. The van der Waals surface area contributed by atoms with Crippen LogP contribution in [-0.4, -0.2) is 52.3 Å². The molecule has 1 rings (SSSR count). The Morgan fingerprint density at radius 2 is 1.95 bits per heavy atom. The van der Waals surface area contributed by atoms with E-state index in [0.29, 0.717) is 19.5 Å². The zero-order valence-corrected chi connectivity index (χ0v) is 12.0. The van der Waals surface area contributed by atoms with E-state index in [1.165, 1.54) is 0 Å². The number of piperidine rings is 1. The minimum atomic E-state index is -1.03. The molecule has 1 unspecified atom stereocenters. The lowest BCUT2D eigenvalue weighted by molar-refractivity contribution is -0.140. The van der Waals surface area contributed by atoms with E-state index in [-0.39, 0.29) is 17.4 Å². The lowest BCUT2D eigenvalue weighted by Gasteiger charge is -2.42. The molecule has 0 aromatic carbocycles. The van der Waals surface area contributed by atoms with E-state index in [0.717, 1.165) is 0 Å². The van der Waals surface area contributed by atoms with Gasteiger partial charge in [0, 0.05) is 18.5 Å². The van der Waals surface area contributed by atoms with Gasteiger partial charge >= 0.3 is 12.0 Å². The van der Waals surface area contributed by atoms with Crippen molar-refractivity contribution in [2.75, 3.05) is 13.1 Å². The van der Waals surface area contributed by atoms with Crippen LogP contribution < -0.4 is 5.32 Å². The van der Waals surface area contributed by atoms with Crippen molar-refractivity contribution in [1.82, 2.24) is 10.2 Å². The SMILES string of the molecule is CC(C)[C@H](NC(=O)N1CCC(O)C(C)(C)C1)C(=O)O. The summed E-state index contributed by atoms with van der Waals surface area (Å²) in [7, 11) is 0. The summed E-state index contributed by atoms with van der Waals surface area (Å²) in [6.07, 6.45) is 0.0803. The first-order valence-corrected chi connectivity index (χ1v) is 6.61. The molecule has 1 saturated heterocycles. The van der Waals surface area contributed by atoms with Gasteiger partial charge in [0.05, 0.1) is 6.10 Å². The molecule has 0 aromatic heterocycles. The maximum atomic E-state index is 12.1. The smallest absolute Gasteiger partial charge is 0.326 e. The Bertz CT molecular complexity index is 355. The largest absolute Gasteiger partial charge is 0.480 e. The maximum Gasteiger partial charge on any atom is 0.326 e. The molecule has 0 radical (unpaired) electrons. The summed E-state index contributed by atoms with van der Waals surface area (Å²) in [4.78, 5) is 24.7. The van der Waals surface area contributed by atoms with Crippen molar-refractivity contribution >= 4 is 12.0 Å². The van der Waals surface area contributed by atoms with Crippen LogP contribution >= 0.6 is 0 Å². The van der Waals surface area contributed by atoms with Gasteiger partial charge < -0.3 is 20.4 Å². The molecule has 6 nitrogen and oxygen atoms in total. The van der Waals surface area contributed by atoms with Crippen molar-refractivity contribution < 1.29 is 19.8 Å². The van der Waals surface area contributed by atoms with Crippen LogP contribution in [0.5, 0.6) is 0 Å². The van der Waals surface area contributed by atoms with E-state index in [1.54, 1.807) is 18.7 Å². The van der Waals surface area contributed by atoms with Gasteiger partial charge in [-0.2, -0.15) is 0 Å². The molecule has 3 N–H and O–H groups in total. The molecule has 1 aliphatic rings. The van der Waals surface area contributed by atoms with Crippen LogP contribution in [-0.2, 0) is 4.79 Å². The summed E-state index contributed by atoms with van der Waals surface area (Å²) in [5, 5.41) is 21.4. The van der Waals surface area contributed by atoms with E-state index < -0.39 is 18.1 Å². The third kappa shape index (κ3) is 3.83. The van der Waals surface area contributed by atoms with E-state index >= 15 is 0 Å². The number of hydrogen-bond acceptors (Lipinski definition) is 3. The van der Waals surface area contributed by atoms with Crippen LogP contribution in [0.25, 0.3) is 0 Å². The highest BCUT2D eigenvalue weighted by molar-refractivity contribution is 5.82. The predicted molar refractivity (Wildman–Crippen MR) is 70.8 cm³/mol. The minimum absolute atomic E-state index is 0.176. The molecule has 1 heterocycles. The number of aliphatic carboxylic acids is 1. The van der Waals surface area contributed by atoms with Gasteiger partial charge in [0.2, 0.25) is 0 Å². The Hall–Kier alpha value is -1.30. The highest BCUT2D eigenvalue weighted by Crippen LogP contribution is 2.29.